The summed E-state index contributed by atoms with van der Waals surface area (Å²) >= 11 is 0. The van der Waals surface area contributed by atoms with E-state index in [1.54, 1.807) is 12.3 Å². The van der Waals surface area contributed by atoms with Gasteiger partial charge in [-0.3, -0.25) is 4.98 Å². The molecule has 82 valence electrons. The Morgan fingerprint density at radius 3 is 2.75 bits per heavy atom. The lowest BCUT2D eigenvalue weighted by Crippen LogP contribution is -1.99. The van der Waals surface area contributed by atoms with Crippen LogP contribution < -0.4 is 5.73 Å². The van der Waals surface area contributed by atoms with Gasteiger partial charge < -0.3 is 5.73 Å². The highest BCUT2D eigenvalue weighted by molar-refractivity contribution is 5.67. The molecule has 2 N–H and O–H groups in total. The van der Waals surface area contributed by atoms with E-state index >= 15 is 0 Å². The summed E-state index contributed by atoms with van der Waals surface area (Å²) in [6.07, 6.45) is 1.72. The van der Waals surface area contributed by atoms with Crippen LogP contribution in [0.25, 0.3) is 11.1 Å². The number of nitrogens with two attached hydrogens (primary N) is 1. The molecular formula is C13H13FN2. The van der Waals surface area contributed by atoms with Crippen LogP contribution in [0.5, 0.6) is 0 Å². The molecule has 0 aliphatic heterocycles. The molecule has 0 aliphatic rings. The summed E-state index contributed by atoms with van der Waals surface area (Å²) in [6.45, 7) is 2.31. The number of nitrogens with zero attached hydrogens (tertiary/aromatic N) is 1. The molecule has 2 rings (SSSR count). The van der Waals surface area contributed by atoms with Gasteiger partial charge in [0.2, 0.25) is 0 Å². The standard InChI is InChI=1S/C13H13FN2/c1-9-6-10(4-5-16-9)13-7-12(14)3-2-11(13)8-15/h2-7H,8,15H2,1H3. The average molecular weight is 216 g/mol. The van der Waals surface area contributed by atoms with Crippen molar-refractivity contribution in [1.82, 2.24) is 4.98 Å². The number of hydrogen-bond donors (Lipinski definition) is 1. The van der Waals surface area contributed by atoms with Crippen LogP contribution in [0.3, 0.4) is 0 Å². The van der Waals surface area contributed by atoms with Gasteiger partial charge in [-0.2, -0.15) is 0 Å². The van der Waals surface area contributed by atoms with Crippen LogP contribution in [-0.2, 0) is 6.54 Å². The summed E-state index contributed by atoms with van der Waals surface area (Å²) in [5.74, 6) is -0.248. The number of aromatic nitrogens is 1. The third-order valence-corrected chi connectivity index (χ3v) is 2.50. The SMILES string of the molecule is Cc1cc(-c2cc(F)ccc2CN)ccn1. The van der Waals surface area contributed by atoms with Gasteiger partial charge in [-0.1, -0.05) is 6.07 Å². The third kappa shape index (κ3) is 2.09. The van der Waals surface area contributed by atoms with Gasteiger partial charge in [-0.15, -0.1) is 0 Å². The van der Waals surface area contributed by atoms with Crippen molar-refractivity contribution in [2.45, 2.75) is 13.5 Å². The Bertz CT molecular complexity index is 509. The Morgan fingerprint density at radius 2 is 2.06 bits per heavy atom. The van der Waals surface area contributed by atoms with Gasteiger partial charge in [0.1, 0.15) is 5.82 Å². The molecule has 16 heavy (non-hydrogen) atoms. The Balaban J connectivity index is 2.58. The molecule has 0 unspecified atom stereocenters. The van der Waals surface area contributed by atoms with E-state index in [4.69, 9.17) is 5.73 Å². The van der Waals surface area contributed by atoms with Crippen molar-refractivity contribution in [3.63, 3.8) is 0 Å². The first-order valence-electron chi connectivity index (χ1n) is 5.12. The number of pyridine rings is 1. The predicted octanol–water partition coefficient (Wildman–Crippen LogP) is 2.65. The smallest absolute Gasteiger partial charge is 0.123 e. The van der Waals surface area contributed by atoms with Gasteiger partial charge in [0, 0.05) is 18.4 Å². The number of benzene rings is 1. The second-order valence-corrected chi connectivity index (χ2v) is 3.69. The molecule has 2 nitrogen and oxygen atoms in total. The van der Waals surface area contributed by atoms with E-state index in [2.05, 4.69) is 4.98 Å². The molecule has 0 bridgehead atoms. The molecule has 0 aliphatic carbocycles. The molecule has 0 atom stereocenters. The molecule has 0 saturated heterocycles. The second kappa shape index (κ2) is 4.41. The van der Waals surface area contributed by atoms with Crippen molar-refractivity contribution in [3.05, 3.63) is 53.6 Å². The number of rotatable bonds is 2. The molecule has 1 heterocycles. The van der Waals surface area contributed by atoms with Gasteiger partial charge in [0.25, 0.3) is 0 Å². The quantitative estimate of drug-likeness (QED) is 0.838. The lowest BCUT2D eigenvalue weighted by atomic mass is 10.00. The molecule has 0 fully saturated rings. The summed E-state index contributed by atoms with van der Waals surface area (Å²) in [5.41, 5.74) is 9.27. The Labute approximate surface area is 93.9 Å². The zero-order valence-corrected chi connectivity index (χ0v) is 9.07. The van der Waals surface area contributed by atoms with Crippen molar-refractivity contribution < 1.29 is 4.39 Å². The average Bonchev–Trinajstić information content (AvgIpc) is 2.29. The summed E-state index contributed by atoms with van der Waals surface area (Å²) < 4.78 is 13.2. The van der Waals surface area contributed by atoms with Crippen molar-refractivity contribution in [2.24, 2.45) is 5.73 Å². The second-order valence-electron chi connectivity index (χ2n) is 3.69. The van der Waals surface area contributed by atoms with Crippen LogP contribution in [-0.4, -0.2) is 4.98 Å². The van der Waals surface area contributed by atoms with Crippen LogP contribution in [0.15, 0.2) is 36.5 Å². The Morgan fingerprint density at radius 1 is 1.25 bits per heavy atom. The lowest BCUT2D eigenvalue weighted by Gasteiger charge is -2.08. The van der Waals surface area contributed by atoms with Crippen LogP contribution >= 0.6 is 0 Å². The van der Waals surface area contributed by atoms with E-state index in [0.717, 1.165) is 22.4 Å². The van der Waals surface area contributed by atoms with E-state index in [0.29, 0.717) is 6.54 Å². The third-order valence-electron chi connectivity index (χ3n) is 2.50. The van der Waals surface area contributed by atoms with Crippen molar-refractivity contribution in [2.75, 3.05) is 0 Å². The van der Waals surface area contributed by atoms with Crippen LogP contribution in [0.4, 0.5) is 4.39 Å². The maximum Gasteiger partial charge on any atom is 0.123 e. The highest BCUT2D eigenvalue weighted by Crippen LogP contribution is 2.24. The topological polar surface area (TPSA) is 38.9 Å². The summed E-state index contributed by atoms with van der Waals surface area (Å²) in [7, 11) is 0. The van der Waals surface area contributed by atoms with Crippen LogP contribution in [0.1, 0.15) is 11.3 Å². The highest BCUT2D eigenvalue weighted by atomic mass is 19.1. The highest BCUT2D eigenvalue weighted by Gasteiger charge is 2.05. The largest absolute Gasteiger partial charge is 0.326 e. The van der Waals surface area contributed by atoms with Crippen molar-refractivity contribution in [3.8, 4) is 11.1 Å². The Hall–Kier alpha value is -1.74. The molecule has 0 spiro atoms. The van der Waals surface area contributed by atoms with Gasteiger partial charge in [-0.05, 0) is 47.9 Å². The minimum atomic E-state index is -0.248. The van der Waals surface area contributed by atoms with Crippen LogP contribution in [0, 0.1) is 12.7 Å². The summed E-state index contributed by atoms with van der Waals surface area (Å²) in [6, 6.07) is 8.45. The van der Waals surface area contributed by atoms with Crippen LogP contribution in [0.2, 0.25) is 0 Å². The fraction of sp³-hybridized carbons (Fsp3) is 0.154. The molecule has 2 aromatic rings. The zero-order chi connectivity index (χ0) is 11.5. The first kappa shape index (κ1) is 10.8. The van der Waals surface area contributed by atoms with E-state index in [1.807, 2.05) is 19.1 Å². The van der Waals surface area contributed by atoms with Gasteiger partial charge in [-0.25, -0.2) is 4.39 Å². The summed E-state index contributed by atoms with van der Waals surface area (Å²) in [4.78, 5) is 4.12. The van der Waals surface area contributed by atoms with E-state index in [1.165, 1.54) is 12.1 Å². The van der Waals surface area contributed by atoms with Crippen molar-refractivity contribution >= 4 is 0 Å². The molecule has 1 aromatic heterocycles. The maximum absolute atomic E-state index is 13.2. The van der Waals surface area contributed by atoms with Gasteiger partial charge >= 0.3 is 0 Å². The van der Waals surface area contributed by atoms with E-state index in [-0.39, 0.29) is 5.82 Å². The zero-order valence-electron chi connectivity index (χ0n) is 9.07. The molecule has 0 amide bonds. The van der Waals surface area contributed by atoms with E-state index < -0.39 is 0 Å². The number of hydrogen-bond acceptors (Lipinski definition) is 2. The molecule has 1 aromatic carbocycles. The molecule has 3 heteroatoms. The predicted molar refractivity (Wildman–Crippen MR) is 62.3 cm³/mol. The summed E-state index contributed by atoms with van der Waals surface area (Å²) in [5, 5.41) is 0. The molecule has 0 radical (unpaired) electrons. The monoisotopic (exact) mass is 216 g/mol. The minimum absolute atomic E-state index is 0.248. The number of halogens is 1. The van der Waals surface area contributed by atoms with E-state index in [9.17, 15) is 4.39 Å². The number of aryl methyl sites for hydroxylation is 1. The Kier molecular flexibility index (Phi) is 2.97. The molecule has 0 saturated carbocycles. The normalized spacial score (nSPS) is 10.4. The fourth-order valence-corrected chi connectivity index (χ4v) is 1.71. The van der Waals surface area contributed by atoms with Gasteiger partial charge in [0.05, 0.1) is 0 Å². The molecular weight excluding hydrogens is 203 g/mol. The minimum Gasteiger partial charge on any atom is -0.326 e. The van der Waals surface area contributed by atoms with Crippen molar-refractivity contribution in [1.29, 1.82) is 0 Å². The first-order valence-corrected chi connectivity index (χ1v) is 5.12. The van der Waals surface area contributed by atoms with Gasteiger partial charge in [0.15, 0.2) is 0 Å². The fourth-order valence-electron chi connectivity index (χ4n) is 1.71. The maximum atomic E-state index is 13.2. The lowest BCUT2D eigenvalue weighted by molar-refractivity contribution is 0.627. The first-order chi connectivity index (χ1) is 7.70.